The minimum absolute atomic E-state index is 0.510. The standard InChI is InChI=1S/C32H24N2S/c1-20(2)21-12-14-23(15-13-21)34-27-18-16-25-24-10-6-7-11-29(24)35-32(25)30(27)31-28(34)19-17-26(33-31)22-8-4-3-5-9-22/h3-20H,1-2H3. The number of nitrogens with zero attached hydrogens (tertiary/aromatic N) is 2. The van der Waals surface area contributed by atoms with Gasteiger partial charge in [-0.25, -0.2) is 4.98 Å². The fraction of sp³-hybridized carbons (Fsp3) is 0.0938. The largest absolute Gasteiger partial charge is 0.308 e. The number of rotatable bonds is 3. The SMILES string of the molecule is CC(C)c1ccc(-n2c3ccc(-c4ccccc4)nc3c3c4sc5ccccc5c4ccc32)cc1. The van der Waals surface area contributed by atoms with E-state index >= 15 is 0 Å². The maximum absolute atomic E-state index is 5.27. The van der Waals surface area contributed by atoms with Crippen LogP contribution < -0.4 is 0 Å². The summed E-state index contributed by atoms with van der Waals surface area (Å²) in [6.45, 7) is 4.48. The first-order valence-electron chi connectivity index (χ1n) is 12.1. The van der Waals surface area contributed by atoms with Gasteiger partial charge in [-0.2, -0.15) is 0 Å². The van der Waals surface area contributed by atoms with Crippen LogP contribution in [0.1, 0.15) is 25.3 Å². The molecule has 0 bridgehead atoms. The Hall–Kier alpha value is -3.95. The molecule has 35 heavy (non-hydrogen) atoms. The summed E-state index contributed by atoms with van der Waals surface area (Å²) >= 11 is 1.87. The van der Waals surface area contributed by atoms with Crippen molar-refractivity contribution in [1.82, 2.24) is 9.55 Å². The first-order valence-corrected chi connectivity index (χ1v) is 12.9. The quantitative estimate of drug-likeness (QED) is 0.253. The normalized spacial score (nSPS) is 12.0. The van der Waals surface area contributed by atoms with Crippen LogP contribution >= 0.6 is 11.3 Å². The summed E-state index contributed by atoms with van der Waals surface area (Å²) < 4.78 is 5.00. The van der Waals surface area contributed by atoms with Crippen molar-refractivity contribution >= 4 is 53.4 Å². The molecule has 0 saturated heterocycles. The molecular weight excluding hydrogens is 444 g/mol. The van der Waals surface area contributed by atoms with Crippen molar-refractivity contribution in [3.8, 4) is 16.9 Å². The molecule has 0 spiro atoms. The number of aromatic nitrogens is 2. The van der Waals surface area contributed by atoms with Gasteiger partial charge in [-0.3, -0.25) is 0 Å². The van der Waals surface area contributed by atoms with Crippen molar-refractivity contribution < 1.29 is 0 Å². The van der Waals surface area contributed by atoms with Gasteiger partial charge < -0.3 is 4.57 Å². The van der Waals surface area contributed by atoms with E-state index in [2.05, 4.69) is 122 Å². The lowest BCUT2D eigenvalue weighted by Crippen LogP contribution is -1.95. The van der Waals surface area contributed by atoms with E-state index in [-0.39, 0.29) is 0 Å². The van der Waals surface area contributed by atoms with Gasteiger partial charge in [0.05, 0.1) is 22.2 Å². The molecule has 7 rings (SSSR count). The predicted octanol–water partition coefficient (Wildman–Crippen LogP) is 9.34. The number of pyridine rings is 1. The van der Waals surface area contributed by atoms with Gasteiger partial charge in [-0.1, -0.05) is 80.6 Å². The number of hydrogen-bond acceptors (Lipinski definition) is 2. The van der Waals surface area contributed by atoms with E-state index in [1.165, 1.54) is 42.3 Å². The Morgan fingerprint density at radius 1 is 0.686 bits per heavy atom. The summed E-state index contributed by atoms with van der Waals surface area (Å²) in [6, 6.07) is 37.1. The third kappa shape index (κ3) is 3.12. The second-order valence-electron chi connectivity index (χ2n) is 9.45. The molecule has 0 aliphatic heterocycles. The molecule has 0 unspecified atom stereocenters. The average molecular weight is 469 g/mol. The Balaban J connectivity index is 1.61. The van der Waals surface area contributed by atoms with Gasteiger partial charge in [0, 0.05) is 36.8 Å². The fourth-order valence-electron chi connectivity index (χ4n) is 5.20. The van der Waals surface area contributed by atoms with Crippen LogP contribution in [0.15, 0.2) is 103 Å². The molecule has 0 saturated carbocycles. The Morgan fingerprint density at radius 3 is 2.23 bits per heavy atom. The lowest BCUT2D eigenvalue weighted by atomic mass is 10.0. The number of hydrogen-bond donors (Lipinski definition) is 0. The number of fused-ring (bicyclic) bond motifs is 7. The molecule has 0 amide bonds. The van der Waals surface area contributed by atoms with Crippen molar-refractivity contribution in [1.29, 1.82) is 0 Å². The number of benzene rings is 4. The zero-order valence-electron chi connectivity index (χ0n) is 19.7. The minimum atomic E-state index is 0.510. The Labute approximate surface area is 208 Å². The molecule has 0 aliphatic rings. The zero-order chi connectivity index (χ0) is 23.5. The van der Waals surface area contributed by atoms with Gasteiger partial charge in [-0.05, 0) is 47.9 Å². The fourth-order valence-corrected chi connectivity index (χ4v) is 6.44. The van der Waals surface area contributed by atoms with Crippen LogP contribution in [-0.2, 0) is 0 Å². The van der Waals surface area contributed by atoms with Crippen LogP contribution in [-0.4, -0.2) is 9.55 Å². The van der Waals surface area contributed by atoms with E-state index in [1.807, 2.05) is 11.3 Å². The topological polar surface area (TPSA) is 17.8 Å². The molecule has 0 aliphatic carbocycles. The Bertz CT molecular complexity index is 1860. The smallest absolute Gasteiger partial charge is 0.0985 e. The molecule has 3 aromatic heterocycles. The number of thiophene rings is 1. The predicted molar refractivity (Wildman–Crippen MR) is 151 cm³/mol. The first kappa shape index (κ1) is 20.4. The summed E-state index contributed by atoms with van der Waals surface area (Å²) in [5.74, 6) is 0.510. The second-order valence-corrected chi connectivity index (χ2v) is 10.5. The molecule has 4 aromatic carbocycles. The van der Waals surface area contributed by atoms with Crippen LogP contribution in [0.2, 0.25) is 0 Å². The van der Waals surface area contributed by atoms with Gasteiger partial charge in [0.15, 0.2) is 0 Å². The van der Waals surface area contributed by atoms with Crippen molar-refractivity contribution in [3.05, 3.63) is 109 Å². The highest BCUT2D eigenvalue weighted by Crippen LogP contribution is 2.43. The molecular formula is C32H24N2S. The highest BCUT2D eigenvalue weighted by atomic mass is 32.1. The molecule has 3 heteroatoms. The van der Waals surface area contributed by atoms with Crippen LogP contribution in [0.5, 0.6) is 0 Å². The molecule has 0 N–H and O–H groups in total. The molecule has 2 nitrogen and oxygen atoms in total. The van der Waals surface area contributed by atoms with Crippen molar-refractivity contribution in [2.75, 3.05) is 0 Å². The minimum Gasteiger partial charge on any atom is -0.308 e. The molecule has 7 aromatic rings. The molecule has 168 valence electrons. The summed E-state index contributed by atoms with van der Waals surface area (Å²) in [5.41, 5.74) is 8.07. The summed E-state index contributed by atoms with van der Waals surface area (Å²) in [7, 11) is 0. The van der Waals surface area contributed by atoms with Gasteiger partial charge in [-0.15, -0.1) is 11.3 Å². The second kappa shape index (κ2) is 7.79. The molecule has 3 heterocycles. The molecule has 0 radical (unpaired) electrons. The van der Waals surface area contributed by atoms with E-state index in [4.69, 9.17) is 4.98 Å². The first-order chi connectivity index (χ1) is 17.2. The lowest BCUT2D eigenvalue weighted by molar-refractivity contribution is 0.866. The van der Waals surface area contributed by atoms with Gasteiger partial charge in [0.25, 0.3) is 0 Å². The highest BCUT2D eigenvalue weighted by molar-refractivity contribution is 7.26. The van der Waals surface area contributed by atoms with Gasteiger partial charge in [0.1, 0.15) is 0 Å². The molecule has 0 fully saturated rings. The molecule has 0 atom stereocenters. The van der Waals surface area contributed by atoms with Crippen molar-refractivity contribution in [3.63, 3.8) is 0 Å². The zero-order valence-corrected chi connectivity index (χ0v) is 20.5. The highest BCUT2D eigenvalue weighted by Gasteiger charge is 2.19. The third-order valence-electron chi connectivity index (χ3n) is 7.01. The third-order valence-corrected chi connectivity index (χ3v) is 8.21. The van der Waals surface area contributed by atoms with Crippen LogP contribution in [0.25, 0.3) is 59.1 Å². The van der Waals surface area contributed by atoms with Crippen LogP contribution in [0, 0.1) is 0 Å². The maximum Gasteiger partial charge on any atom is 0.0985 e. The van der Waals surface area contributed by atoms with E-state index < -0.39 is 0 Å². The Kier molecular flexibility index (Phi) is 4.55. The average Bonchev–Trinajstić information content (AvgIpc) is 3.44. The van der Waals surface area contributed by atoms with Gasteiger partial charge >= 0.3 is 0 Å². The monoisotopic (exact) mass is 468 g/mol. The van der Waals surface area contributed by atoms with Gasteiger partial charge in [0.2, 0.25) is 0 Å². The maximum atomic E-state index is 5.27. The van der Waals surface area contributed by atoms with Crippen LogP contribution in [0.4, 0.5) is 0 Å². The van der Waals surface area contributed by atoms with Crippen molar-refractivity contribution in [2.45, 2.75) is 19.8 Å². The Morgan fingerprint density at radius 2 is 1.43 bits per heavy atom. The van der Waals surface area contributed by atoms with E-state index in [0.29, 0.717) is 5.92 Å². The van der Waals surface area contributed by atoms with Crippen LogP contribution in [0.3, 0.4) is 0 Å². The summed E-state index contributed by atoms with van der Waals surface area (Å²) in [4.78, 5) is 5.27. The van der Waals surface area contributed by atoms with E-state index in [1.54, 1.807) is 0 Å². The lowest BCUT2D eigenvalue weighted by Gasteiger charge is -2.10. The van der Waals surface area contributed by atoms with E-state index in [0.717, 1.165) is 22.3 Å². The summed E-state index contributed by atoms with van der Waals surface area (Å²) in [5, 5.41) is 3.86. The van der Waals surface area contributed by atoms with E-state index in [9.17, 15) is 0 Å². The summed E-state index contributed by atoms with van der Waals surface area (Å²) in [6.07, 6.45) is 0. The van der Waals surface area contributed by atoms with Crippen molar-refractivity contribution in [2.24, 2.45) is 0 Å².